The van der Waals surface area contributed by atoms with Gasteiger partial charge in [0, 0.05) is 9.75 Å². The summed E-state index contributed by atoms with van der Waals surface area (Å²) in [5.41, 5.74) is 2.35. The maximum absolute atomic E-state index is 12.7. The van der Waals surface area contributed by atoms with Crippen LogP contribution in [-0.4, -0.2) is 15.5 Å². The fraction of sp³-hybridized carbons (Fsp3) is 0.333. The van der Waals surface area contributed by atoms with Gasteiger partial charge in [-0.15, -0.1) is 22.7 Å². The average molecular weight is 384 g/mol. The lowest BCUT2D eigenvalue weighted by atomic mass is 10.1. The number of hydrogen-bond acceptors (Lipinski definition) is 6. The largest absolute Gasteiger partial charge is 0.315 e. The van der Waals surface area contributed by atoms with Crippen molar-refractivity contribution in [3.05, 3.63) is 43.1 Å². The highest BCUT2D eigenvalue weighted by atomic mass is 32.1. The van der Waals surface area contributed by atoms with E-state index < -0.39 is 0 Å². The van der Waals surface area contributed by atoms with E-state index in [1.54, 1.807) is 0 Å². The van der Waals surface area contributed by atoms with Crippen LogP contribution in [0.4, 0.5) is 5.00 Å². The first-order chi connectivity index (χ1) is 12.5. The molecule has 4 rings (SSSR count). The summed E-state index contributed by atoms with van der Waals surface area (Å²) in [6.45, 7) is 3.73. The Kier molecular flexibility index (Phi) is 4.13. The first-order valence-electron chi connectivity index (χ1n) is 8.29. The van der Waals surface area contributed by atoms with Gasteiger partial charge in [-0.3, -0.25) is 14.2 Å². The van der Waals surface area contributed by atoms with Gasteiger partial charge in [-0.2, -0.15) is 5.26 Å². The SMILES string of the molecule is Cc1sc2ncn(CC(=O)Nc3sc4c(c3C#N)CCC4)c(=O)c2c1C. The number of thiophene rings is 2. The van der Waals surface area contributed by atoms with Crippen LogP contribution in [0.2, 0.25) is 0 Å². The number of carbonyl (C=O) groups is 1. The van der Waals surface area contributed by atoms with Crippen molar-refractivity contribution in [3.8, 4) is 6.07 Å². The summed E-state index contributed by atoms with van der Waals surface area (Å²) >= 11 is 2.95. The molecule has 3 aromatic heterocycles. The van der Waals surface area contributed by atoms with E-state index in [2.05, 4.69) is 16.4 Å². The number of fused-ring (bicyclic) bond motifs is 2. The van der Waals surface area contributed by atoms with Crippen LogP contribution in [0.1, 0.15) is 32.9 Å². The maximum Gasteiger partial charge on any atom is 0.262 e. The monoisotopic (exact) mass is 384 g/mol. The van der Waals surface area contributed by atoms with Gasteiger partial charge in [-0.1, -0.05) is 0 Å². The number of nitrogens with one attached hydrogen (secondary N) is 1. The maximum atomic E-state index is 12.7. The quantitative estimate of drug-likeness (QED) is 0.751. The molecule has 0 spiro atoms. The minimum atomic E-state index is -0.325. The van der Waals surface area contributed by atoms with Gasteiger partial charge in [0.05, 0.1) is 17.3 Å². The van der Waals surface area contributed by atoms with Crippen molar-refractivity contribution in [1.82, 2.24) is 9.55 Å². The van der Waals surface area contributed by atoms with Crippen LogP contribution in [-0.2, 0) is 24.2 Å². The summed E-state index contributed by atoms with van der Waals surface area (Å²) in [5, 5.41) is 13.4. The summed E-state index contributed by atoms with van der Waals surface area (Å²) in [4.78, 5) is 32.4. The fourth-order valence-corrected chi connectivity index (χ4v) is 5.56. The molecule has 132 valence electrons. The van der Waals surface area contributed by atoms with Crippen LogP contribution < -0.4 is 10.9 Å². The molecular weight excluding hydrogens is 368 g/mol. The molecule has 0 saturated heterocycles. The highest BCUT2D eigenvalue weighted by Gasteiger charge is 2.23. The van der Waals surface area contributed by atoms with Crippen molar-refractivity contribution in [1.29, 1.82) is 5.26 Å². The van der Waals surface area contributed by atoms with Crippen molar-refractivity contribution >= 4 is 43.8 Å². The molecule has 0 bridgehead atoms. The zero-order valence-corrected chi connectivity index (χ0v) is 16.0. The second kappa shape index (κ2) is 6.34. The van der Waals surface area contributed by atoms with Crippen molar-refractivity contribution < 1.29 is 4.79 Å². The number of hydrogen-bond donors (Lipinski definition) is 1. The van der Waals surface area contributed by atoms with E-state index in [0.717, 1.165) is 35.3 Å². The molecule has 0 fully saturated rings. The molecule has 0 aromatic carbocycles. The molecule has 6 nitrogen and oxygen atoms in total. The molecule has 0 atom stereocenters. The van der Waals surface area contributed by atoms with Gasteiger partial charge < -0.3 is 5.32 Å². The van der Waals surface area contributed by atoms with Gasteiger partial charge in [0.15, 0.2) is 0 Å². The number of aryl methyl sites for hydroxylation is 3. The van der Waals surface area contributed by atoms with Gasteiger partial charge in [0.1, 0.15) is 22.4 Å². The molecule has 1 aliphatic rings. The standard InChI is InChI=1S/C18H16N4O2S2/c1-9-10(2)25-17-15(9)18(24)22(8-20-17)7-14(23)21-16-12(6-19)11-4-3-5-13(11)26-16/h8H,3-5,7H2,1-2H3,(H,21,23). The van der Waals surface area contributed by atoms with E-state index in [9.17, 15) is 14.9 Å². The van der Waals surface area contributed by atoms with Crippen LogP contribution in [0.25, 0.3) is 10.2 Å². The average Bonchev–Trinajstić information content (AvgIpc) is 3.24. The Labute approximate surface area is 157 Å². The number of anilines is 1. The minimum Gasteiger partial charge on any atom is -0.315 e. The van der Waals surface area contributed by atoms with E-state index in [1.165, 1.54) is 38.4 Å². The van der Waals surface area contributed by atoms with Crippen LogP contribution in [0.3, 0.4) is 0 Å². The summed E-state index contributed by atoms with van der Waals surface area (Å²) < 4.78 is 1.32. The minimum absolute atomic E-state index is 0.121. The fourth-order valence-electron chi connectivity index (χ4n) is 3.31. The molecular formula is C18H16N4O2S2. The van der Waals surface area contributed by atoms with E-state index in [0.29, 0.717) is 20.8 Å². The molecule has 1 amide bonds. The van der Waals surface area contributed by atoms with Crippen LogP contribution in [0.15, 0.2) is 11.1 Å². The number of nitriles is 1. The van der Waals surface area contributed by atoms with Gasteiger partial charge in [0.2, 0.25) is 5.91 Å². The summed E-state index contributed by atoms with van der Waals surface area (Å²) in [5.74, 6) is -0.325. The van der Waals surface area contributed by atoms with E-state index in [1.807, 2.05) is 13.8 Å². The van der Waals surface area contributed by atoms with Gasteiger partial charge in [0.25, 0.3) is 5.56 Å². The number of aromatic nitrogens is 2. The molecule has 0 radical (unpaired) electrons. The summed E-state index contributed by atoms with van der Waals surface area (Å²) in [7, 11) is 0. The Morgan fingerprint density at radius 2 is 2.19 bits per heavy atom. The lowest BCUT2D eigenvalue weighted by molar-refractivity contribution is -0.116. The summed E-state index contributed by atoms with van der Waals surface area (Å²) in [6, 6.07) is 2.21. The van der Waals surface area contributed by atoms with Crippen molar-refractivity contribution in [2.24, 2.45) is 0 Å². The molecule has 0 aliphatic heterocycles. The third-order valence-electron chi connectivity index (χ3n) is 4.76. The highest BCUT2D eigenvalue weighted by molar-refractivity contribution is 7.18. The molecule has 0 saturated carbocycles. The number of rotatable bonds is 3. The second-order valence-electron chi connectivity index (χ2n) is 6.36. The summed E-state index contributed by atoms with van der Waals surface area (Å²) in [6.07, 6.45) is 4.33. The lowest BCUT2D eigenvalue weighted by Crippen LogP contribution is -2.27. The Morgan fingerprint density at radius 1 is 1.38 bits per heavy atom. The zero-order chi connectivity index (χ0) is 18.4. The van der Waals surface area contributed by atoms with Crippen LogP contribution >= 0.6 is 22.7 Å². The molecule has 1 N–H and O–H groups in total. The smallest absolute Gasteiger partial charge is 0.262 e. The van der Waals surface area contributed by atoms with E-state index >= 15 is 0 Å². The Hall–Kier alpha value is -2.50. The zero-order valence-electron chi connectivity index (χ0n) is 14.4. The second-order valence-corrected chi connectivity index (χ2v) is 8.67. The predicted octanol–water partition coefficient (Wildman–Crippen LogP) is 3.14. The predicted molar refractivity (Wildman–Crippen MR) is 103 cm³/mol. The molecule has 1 aliphatic carbocycles. The van der Waals surface area contributed by atoms with Crippen molar-refractivity contribution in [2.75, 3.05) is 5.32 Å². The lowest BCUT2D eigenvalue weighted by Gasteiger charge is -2.07. The van der Waals surface area contributed by atoms with Crippen molar-refractivity contribution in [2.45, 2.75) is 39.7 Å². The third kappa shape index (κ3) is 2.64. The Balaban J connectivity index is 1.61. The number of carbonyl (C=O) groups excluding carboxylic acids is 1. The molecule has 3 aromatic rings. The highest BCUT2D eigenvalue weighted by Crippen LogP contribution is 2.38. The topological polar surface area (TPSA) is 87.8 Å². The van der Waals surface area contributed by atoms with Gasteiger partial charge in [-0.25, -0.2) is 4.98 Å². The first kappa shape index (κ1) is 16.9. The first-order valence-corrected chi connectivity index (χ1v) is 9.92. The normalized spacial score (nSPS) is 13.0. The molecule has 8 heteroatoms. The Bertz CT molecular complexity index is 1150. The van der Waals surface area contributed by atoms with Gasteiger partial charge in [-0.05, 0) is 44.2 Å². The number of nitrogens with zero attached hydrogens (tertiary/aromatic N) is 3. The van der Waals surface area contributed by atoms with E-state index in [-0.39, 0.29) is 18.0 Å². The van der Waals surface area contributed by atoms with Crippen LogP contribution in [0.5, 0.6) is 0 Å². The van der Waals surface area contributed by atoms with Crippen LogP contribution in [0, 0.1) is 25.2 Å². The van der Waals surface area contributed by atoms with E-state index in [4.69, 9.17) is 0 Å². The number of amides is 1. The molecule has 3 heterocycles. The van der Waals surface area contributed by atoms with Gasteiger partial charge >= 0.3 is 0 Å². The third-order valence-corrected chi connectivity index (χ3v) is 7.08. The Morgan fingerprint density at radius 3 is 2.96 bits per heavy atom. The van der Waals surface area contributed by atoms with Crippen molar-refractivity contribution in [3.63, 3.8) is 0 Å². The molecule has 0 unspecified atom stereocenters. The molecule has 26 heavy (non-hydrogen) atoms.